The molecule has 3 heteroatoms. The molecule has 18 heavy (non-hydrogen) atoms. The Bertz CT molecular complexity index is 359. The van der Waals surface area contributed by atoms with E-state index in [0.29, 0.717) is 0 Å². The maximum Gasteiger partial charge on any atom is 0.119 e. The maximum atomic E-state index is 5.81. The first-order chi connectivity index (χ1) is 8.74. The van der Waals surface area contributed by atoms with E-state index in [-0.39, 0.29) is 6.04 Å². The van der Waals surface area contributed by atoms with Crippen molar-refractivity contribution >= 4 is 0 Å². The minimum atomic E-state index is 0.199. The van der Waals surface area contributed by atoms with E-state index < -0.39 is 0 Å². The molecule has 2 rings (SSSR count). The third-order valence-electron chi connectivity index (χ3n) is 3.33. The first-order valence-electron chi connectivity index (χ1n) is 6.94. The summed E-state index contributed by atoms with van der Waals surface area (Å²) in [7, 11) is 0. The molecule has 0 radical (unpaired) electrons. The van der Waals surface area contributed by atoms with Crippen molar-refractivity contribution in [2.75, 3.05) is 26.2 Å². The second kappa shape index (κ2) is 6.76. The van der Waals surface area contributed by atoms with E-state index in [9.17, 15) is 0 Å². The lowest BCUT2D eigenvalue weighted by Crippen LogP contribution is -2.25. The van der Waals surface area contributed by atoms with Gasteiger partial charge in [0.1, 0.15) is 12.4 Å². The predicted molar refractivity (Wildman–Crippen MR) is 75.0 cm³/mol. The number of rotatable bonds is 6. The second-order valence-corrected chi connectivity index (χ2v) is 5.23. The summed E-state index contributed by atoms with van der Waals surface area (Å²) in [6, 6.07) is 8.48. The van der Waals surface area contributed by atoms with Gasteiger partial charge in [0.15, 0.2) is 0 Å². The average molecular weight is 248 g/mol. The summed E-state index contributed by atoms with van der Waals surface area (Å²) in [5.74, 6) is 0.965. The van der Waals surface area contributed by atoms with Crippen LogP contribution in [0.4, 0.5) is 0 Å². The quantitative estimate of drug-likeness (QED) is 0.837. The van der Waals surface area contributed by atoms with Crippen molar-refractivity contribution in [1.29, 1.82) is 0 Å². The van der Waals surface area contributed by atoms with Crippen LogP contribution in [0.5, 0.6) is 5.75 Å². The van der Waals surface area contributed by atoms with Crippen LogP contribution in [0.2, 0.25) is 0 Å². The molecular formula is C15H24N2O. The molecule has 0 aromatic heterocycles. The normalized spacial score (nSPS) is 17.9. The molecule has 1 aliphatic rings. The topological polar surface area (TPSA) is 38.5 Å². The number of likely N-dealkylation sites (tertiary alicyclic amines) is 1. The minimum Gasteiger partial charge on any atom is -0.492 e. The van der Waals surface area contributed by atoms with Crippen LogP contribution < -0.4 is 10.5 Å². The van der Waals surface area contributed by atoms with Crippen LogP contribution in [0.1, 0.15) is 25.3 Å². The molecule has 1 atom stereocenters. The molecule has 1 heterocycles. The molecule has 0 amide bonds. The number of benzene rings is 1. The summed E-state index contributed by atoms with van der Waals surface area (Å²) >= 11 is 0. The van der Waals surface area contributed by atoms with Gasteiger partial charge in [0.05, 0.1) is 0 Å². The smallest absolute Gasteiger partial charge is 0.119 e. The number of hydrogen-bond donors (Lipinski definition) is 1. The Labute approximate surface area is 110 Å². The summed E-state index contributed by atoms with van der Waals surface area (Å²) < 4.78 is 5.81. The van der Waals surface area contributed by atoms with Crippen LogP contribution in [-0.2, 0) is 6.42 Å². The Kier molecular flexibility index (Phi) is 5.02. The molecule has 0 aliphatic carbocycles. The number of nitrogens with two attached hydrogens (primary N) is 1. The fourth-order valence-electron chi connectivity index (χ4n) is 2.43. The van der Waals surface area contributed by atoms with Crippen molar-refractivity contribution in [1.82, 2.24) is 4.90 Å². The van der Waals surface area contributed by atoms with Gasteiger partial charge >= 0.3 is 0 Å². The van der Waals surface area contributed by atoms with Gasteiger partial charge in [0, 0.05) is 12.6 Å². The molecule has 2 N–H and O–H groups in total. The van der Waals surface area contributed by atoms with E-state index in [2.05, 4.69) is 17.0 Å². The van der Waals surface area contributed by atoms with Crippen molar-refractivity contribution in [3.8, 4) is 5.75 Å². The van der Waals surface area contributed by atoms with Crippen molar-refractivity contribution in [2.45, 2.75) is 32.2 Å². The van der Waals surface area contributed by atoms with Crippen LogP contribution in [0, 0.1) is 0 Å². The van der Waals surface area contributed by atoms with E-state index in [1.54, 1.807) is 0 Å². The van der Waals surface area contributed by atoms with E-state index >= 15 is 0 Å². The highest BCUT2D eigenvalue weighted by molar-refractivity contribution is 5.29. The third-order valence-corrected chi connectivity index (χ3v) is 3.33. The van der Waals surface area contributed by atoms with E-state index in [4.69, 9.17) is 10.5 Å². The summed E-state index contributed by atoms with van der Waals surface area (Å²) in [5, 5.41) is 0. The molecule has 100 valence electrons. The molecule has 0 spiro atoms. The van der Waals surface area contributed by atoms with Crippen molar-refractivity contribution in [3.05, 3.63) is 29.8 Å². The van der Waals surface area contributed by atoms with Gasteiger partial charge < -0.3 is 10.5 Å². The molecule has 1 unspecified atom stereocenters. The zero-order valence-electron chi connectivity index (χ0n) is 11.3. The van der Waals surface area contributed by atoms with Crippen LogP contribution in [0.3, 0.4) is 0 Å². The number of hydrogen-bond acceptors (Lipinski definition) is 3. The van der Waals surface area contributed by atoms with Gasteiger partial charge in [-0.05, 0) is 57.0 Å². The minimum absolute atomic E-state index is 0.199. The molecule has 1 saturated heterocycles. The van der Waals surface area contributed by atoms with Crippen molar-refractivity contribution < 1.29 is 4.74 Å². The Morgan fingerprint density at radius 1 is 1.33 bits per heavy atom. The van der Waals surface area contributed by atoms with E-state index in [0.717, 1.165) is 25.3 Å². The third kappa shape index (κ3) is 4.31. The lowest BCUT2D eigenvalue weighted by molar-refractivity contribution is 0.237. The van der Waals surface area contributed by atoms with Crippen LogP contribution >= 0.6 is 0 Å². The Hall–Kier alpha value is -1.06. The van der Waals surface area contributed by atoms with Gasteiger partial charge in [0.25, 0.3) is 0 Å². The fraction of sp³-hybridized carbons (Fsp3) is 0.600. The lowest BCUT2D eigenvalue weighted by atomic mass is 10.1. The largest absolute Gasteiger partial charge is 0.492 e. The summed E-state index contributed by atoms with van der Waals surface area (Å²) in [6.07, 6.45) is 3.58. The van der Waals surface area contributed by atoms with Crippen molar-refractivity contribution in [2.24, 2.45) is 5.73 Å². The summed E-state index contributed by atoms with van der Waals surface area (Å²) in [4.78, 5) is 2.46. The molecular weight excluding hydrogens is 224 g/mol. The highest BCUT2D eigenvalue weighted by Gasteiger charge is 2.10. The molecule has 1 aliphatic heterocycles. The molecule has 1 aromatic rings. The van der Waals surface area contributed by atoms with E-state index in [1.807, 2.05) is 19.1 Å². The van der Waals surface area contributed by atoms with Crippen LogP contribution in [0.25, 0.3) is 0 Å². The molecule has 1 aromatic carbocycles. The van der Waals surface area contributed by atoms with Gasteiger partial charge in [-0.3, -0.25) is 4.90 Å². The Morgan fingerprint density at radius 3 is 2.83 bits per heavy atom. The molecule has 1 fully saturated rings. The zero-order valence-corrected chi connectivity index (χ0v) is 11.3. The standard InChI is InChI=1S/C15H24N2O/c1-13(16)11-14-5-4-6-15(12-14)18-10-9-17-7-2-3-8-17/h4-6,12-13H,2-3,7-11,16H2,1H3. The lowest BCUT2D eigenvalue weighted by Gasteiger charge is -2.15. The maximum absolute atomic E-state index is 5.81. The highest BCUT2D eigenvalue weighted by Crippen LogP contribution is 2.15. The highest BCUT2D eigenvalue weighted by atomic mass is 16.5. The Morgan fingerprint density at radius 2 is 2.11 bits per heavy atom. The number of ether oxygens (including phenoxy) is 1. The van der Waals surface area contributed by atoms with Gasteiger partial charge in [0.2, 0.25) is 0 Å². The SMILES string of the molecule is CC(N)Cc1cccc(OCCN2CCCC2)c1. The summed E-state index contributed by atoms with van der Waals surface area (Å²) in [5.41, 5.74) is 7.06. The van der Waals surface area contributed by atoms with Gasteiger partial charge in [-0.2, -0.15) is 0 Å². The van der Waals surface area contributed by atoms with Gasteiger partial charge in [-0.25, -0.2) is 0 Å². The fourth-order valence-corrected chi connectivity index (χ4v) is 2.43. The van der Waals surface area contributed by atoms with Gasteiger partial charge in [-0.1, -0.05) is 12.1 Å². The summed E-state index contributed by atoms with van der Waals surface area (Å²) in [6.45, 7) is 6.31. The molecule has 3 nitrogen and oxygen atoms in total. The van der Waals surface area contributed by atoms with Crippen LogP contribution in [0.15, 0.2) is 24.3 Å². The average Bonchev–Trinajstić information content (AvgIpc) is 2.82. The first kappa shape index (κ1) is 13.4. The van der Waals surface area contributed by atoms with Crippen molar-refractivity contribution in [3.63, 3.8) is 0 Å². The van der Waals surface area contributed by atoms with E-state index in [1.165, 1.54) is 31.5 Å². The zero-order chi connectivity index (χ0) is 12.8. The predicted octanol–water partition coefficient (Wildman–Crippen LogP) is 2.05. The number of nitrogens with zero attached hydrogens (tertiary/aromatic N) is 1. The molecule has 0 saturated carbocycles. The second-order valence-electron chi connectivity index (χ2n) is 5.23. The molecule has 0 bridgehead atoms. The Balaban J connectivity index is 1.77. The monoisotopic (exact) mass is 248 g/mol. The van der Waals surface area contributed by atoms with Gasteiger partial charge in [-0.15, -0.1) is 0 Å². The van der Waals surface area contributed by atoms with Crippen LogP contribution in [-0.4, -0.2) is 37.2 Å². The first-order valence-corrected chi connectivity index (χ1v) is 6.94.